The van der Waals surface area contributed by atoms with E-state index in [1.165, 1.54) is 5.56 Å². The molecule has 106 valence electrons. The van der Waals surface area contributed by atoms with Crippen molar-refractivity contribution in [2.75, 3.05) is 6.54 Å². The lowest BCUT2D eigenvalue weighted by Crippen LogP contribution is -2.24. The molecule has 0 bridgehead atoms. The third-order valence-electron chi connectivity index (χ3n) is 3.45. The molecular formula is C17H20ClNO. The van der Waals surface area contributed by atoms with Crippen LogP contribution in [0.2, 0.25) is 5.02 Å². The van der Waals surface area contributed by atoms with Crippen LogP contribution in [0.15, 0.2) is 48.5 Å². The molecule has 2 atom stereocenters. The van der Waals surface area contributed by atoms with E-state index in [0.29, 0.717) is 6.54 Å². The summed E-state index contributed by atoms with van der Waals surface area (Å²) in [5.41, 5.74) is 3.16. The normalized spacial score (nSPS) is 14.0. The molecule has 0 spiro atoms. The number of hydrogen-bond donors (Lipinski definition) is 2. The van der Waals surface area contributed by atoms with Crippen LogP contribution in [-0.2, 0) is 0 Å². The zero-order valence-electron chi connectivity index (χ0n) is 11.8. The predicted octanol–water partition coefficient (Wildman–Crippen LogP) is 4.03. The van der Waals surface area contributed by atoms with Crippen molar-refractivity contribution in [2.45, 2.75) is 26.0 Å². The molecule has 20 heavy (non-hydrogen) atoms. The van der Waals surface area contributed by atoms with Gasteiger partial charge in [-0.2, -0.15) is 0 Å². The molecule has 0 saturated carbocycles. The van der Waals surface area contributed by atoms with Crippen LogP contribution in [0.3, 0.4) is 0 Å². The molecule has 0 heterocycles. The summed E-state index contributed by atoms with van der Waals surface area (Å²) in [5, 5.41) is 14.2. The lowest BCUT2D eigenvalue weighted by Gasteiger charge is -2.18. The van der Waals surface area contributed by atoms with Gasteiger partial charge < -0.3 is 10.4 Å². The summed E-state index contributed by atoms with van der Waals surface area (Å²) in [6.07, 6.45) is -0.513. The van der Waals surface area contributed by atoms with Crippen LogP contribution in [0.4, 0.5) is 0 Å². The Labute approximate surface area is 125 Å². The second-order valence-corrected chi connectivity index (χ2v) is 5.49. The summed E-state index contributed by atoms with van der Waals surface area (Å²) in [7, 11) is 0. The average molecular weight is 290 g/mol. The van der Waals surface area contributed by atoms with Gasteiger partial charge in [-0.25, -0.2) is 0 Å². The first-order valence-corrected chi connectivity index (χ1v) is 7.18. The van der Waals surface area contributed by atoms with Gasteiger partial charge in [-0.1, -0.05) is 59.6 Å². The molecule has 0 radical (unpaired) electrons. The minimum Gasteiger partial charge on any atom is -0.387 e. The quantitative estimate of drug-likeness (QED) is 0.871. The maximum atomic E-state index is 10.2. The van der Waals surface area contributed by atoms with Crippen LogP contribution in [0, 0.1) is 6.92 Å². The van der Waals surface area contributed by atoms with Crippen molar-refractivity contribution in [1.82, 2.24) is 5.32 Å². The molecule has 0 unspecified atom stereocenters. The van der Waals surface area contributed by atoms with Crippen molar-refractivity contribution >= 4 is 11.6 Å². The van der Waals surface area contributed by atoms with E-state index in [0.717, 1.165) is 16.1 Å². The number of rotatable bonds is 5. The molecule has 2 rings (SSSR count). The van der Waals surface area contributed by atoms with Gasteiger partial charge >= 0.3 is 0 Å². The van der Waals surface area contributed by atoms with Gasteiger partial charge in [0.15, 0.2) is 0 Å². The first-order valence-electron chi connectivity index (χ1n) is 6.80. The van der Waals surface area contributed by atoms with Gasteiger partial charge in [-0.3, -0.25) is 0 Å². The fourth-order valence-electron chi connectivity index (χ4n) is 2.13. The summed E-state index contributed by atoms with van der Waals surface area (Å²) in [6, 6.07) is 15.8. The van der Waals surface area contributed by atoms with Crippen molar-refractivity contribution in [3.63, 3.8) is 0 Å². The zero-order chi connectivity index (χ0) is 14.5. The van der Waals surface area contributed by atoms with Gasteiger partial charge in [0.25, 0.3) is 0 Å². The lowest BCUT2D eigenvalue weighted by molar-refractivity contribution is 0.171. The summed E-state index contributed by atoms with van der Waals surface area (Å²) in [4.78, 5) is 0. The second kappa shape index (κ2) is 6.89. The molecule has 0 aromatic heterocycles. The molecule has 0 saturated heterocycles. The molecule has 2 nitrogen and oxygen atoms in total. The third-order valence-corrected chi connectivity index (χ3v) is 3.80. The second-order valence-electron chi connectivity index (χ2n) is 5.08. The Hall–Kier alpha value is -1.35. The summed E-state index contributed by atoms with van der Waals surface area (Å²) >= 11 is 6.17. The van der Waals surface area contributed by atoms with Gasteiger partial charge in [0.1, 0.15) is 0 Å². The number of nitrogens with one attached hydrogen (secondary N) is 1. The average Bonchev–Trinajstić information content (AvgIpc) is 2.45. The van der Waals surface area contributed by atoms with E-state index in [9.17, 15) is 5.11 Å². The highest BCUT2D eigenvalue weighted by Gasteiger charge is 2.12. The maximum absolute atomic E-state index is 10.2. The Bertz CT molecular complexity index is 553. The molecular weight excluding hydrogens is 270 g/mol. The van der Waals surface area contributed by atoms with Crippen LogP contribution < -0.4 is 5.32 Å². The monoisotopic (exact) mass is 289 g/mol. The molecule has 0 amide bonds. The van der Waals surface area contributed by atoms with Crippen LogP contribution >= 0.6 is 11.6 Å². The smallest absolute Gasteiger partial charge is 0.0914 e. The Kier molecular flexibility index (Phi) is 5.18. The number of aryl methyl sites for hydroxylation is 1. The molecule has 0 fully saturated rings. The van der Waals surface area contributed by atoms with E-state index in [1.807, 2.05) is 62.4 Å². The van der Waals surface area contributed by atoms with E-state index in [2.05, 4.69) is 5.32 Å². The fourth-order valence-corrected chi connectivity index (χ4v) is 2.43. The summed E-state index contributed by atoms with van der Waals surface area (Å²) in [5.74, 6) is 0. The van der Waals surface area contributed by atoms with Gasteiger partial charge in [0, 0.05) is 17.6 Å². The van der Waals surface area contributed by atoms with E-state index < -0.39 is 6.10 Å². The Balaban J connectivity index is 1.95. The van der Waals surface area contributed by atoms with Gasteiger partial charge in [-0.05, 0) is 31.0 Å². The summed E-state index contributed by atoms with van der Waals surface area (Å²) < 4.78 is 0. The number of aliphatic hydroxyl groups is 1. The standard InChI is InChI=1S/C17H20ClNO/c1-12-7-9-14(10-8-12)17(20)11-19-13(2)15-5-3-4-6-16(15)18/h3-10,13,17,19-20H,11H2,1-2H3/t13-,17+/m0/s1. The van der Waals surface area contributed by atoms with Crippen molar-refractivity contribution in [3.8, 4) is 0 Å². The number of halogens is 1. The van der Waals surface area contributed by atoms with Crippen molar-refractivity contribution in [1.29, 1.82) is 0 Å². The Morgan fingerprint density at radius 2 is 1.75 bits per heavy atom. The number of hydrogen-bond acceptors (Lipinski definition) is 2. The molecule has 3 heteroatoms. The van der Waals surface area contributed by atoms with Gasteiger partial charge in [-0.15, -0.1) is 0 Å². The van der Waals surface area contributed by atoms with E-state index in [1.54, 1.807) is 0 Å². The van der Waals surface area contributed by atoms with E-state index in [-0.39, 0.29) is 6.04 Å². The van der Waals surface area contributed by atoms with Gasteiger partial charge in [0.05, 0.1) is 6.10 Å². The van der Waals surface area contributed by atoms with Crippen molar-refractivity contribution in [3.05, 3.63) is 70.2 Å². The van der Waals surface area contributed by atoms with E-state index in [4.69, 9.17) is 11.6 Å². The molecule has 2 N–H and O–H groups in total. The van der Waals surface area contributed by atoms with Crippen LogP contribution in [0.25, 0.3) is 0 Å². The van der Waals surface area contributed by atoms with E-state index >= 15 is 0 Å². The van der Waals surface area contributed by atoms with Gasteiger partial charge in [0.2, 0.25) is 0 Å². The summed E-state index contributed by atoms with van der Waals surface area (Å²) in [6.45, 7) is 4.58. The zero-order valence-corrected chi connectivity index (χ0v) is 12.6. The molecule has 0 aliphatic heterocycles. The topological polar surface area (TPSA) is 32.3 Å². The van der Waals surface area contributed by atoms with Crippen molar-refractivity contribution < 1.29 is 5.11 Å². The largest absolute Gasteiger partial charge is 0.387 e. The minimum absolute atomic E-state index is 0.101. The number of aliphatic hydroxyl groups excluding tert-OH is 1. The number of benzene rings is 2. The fraction of sp³-hybridized carbons (Fsp3) is 0.294. The van der Waals surface area contributed by atoms with Crippen LogP contribution in [-0.4, -0.2) is 11.7 Å². The highest BCUT2D eigenvalue weighted by molar-refractivity contribution is 6.31. The Morgan fingerprint density at radius 3 is 2.40 bits per heavy atom. The van der Waals surface area contributed by atoms with Crippen LogP contribution in [0.1, 0.15) is 35.8 Å². The highest BCUT2D eigenvalue weighted by Crippen LogP contribution is 2.22. The SMILES string of the molecule is Cc1ccc([C@H](O)CN[C@@H](C)c2ccccc2Cl)cc1. The molecule has 0 aliphatic carbocycles. The molecule has 2 aromatic carbocycles. The predicted molar refractivity (Wildman–Crippen MR) is 84.0 cm³/mol. The maximum Gasteiger partial charge on any atom is 0.0914 e. The third kappa shape index (κ3) is 3.83. The molecule has 0 aliphatic rings. The Morgan fingerprint density at radius 1 is 1.10 bits per heavy atom. The first kappa shape index (κ1) is 15.0. The first-order chi connectivity index (χ1) is 9.58. The highest BCUT2D eigenvalue weighted by atomic mass is 35.5. The van der Waals surface area contributed by atoms with Crippen LogP contribution in [0.5, 0.6) is 0 Å². The minimum atomic E-state index is -0.513. The van der Waals surface area contributed by atoms with Crippen molar-refractivity contribution in [2.24, 2.45) is 0 Å². The molecule has 2 aromatic rings. The lowest BCUT2D eigenvalue weighted by atomic mass is 10.1.